The summed E-state index contributed by atoms with van der Waals surface area (Å²) in [5.41, 5.74) is 0.709. The van der Waals surface area contributed by atoms with E-state index in [-0.39, 0.29) is 21.4 Å². The number of fused-ring (bicyclic) bond motifs is 1. The first kappa shape index (κ1) is 14.2. The maximum atomic E-state index is 12.2. The molecule has 7 heteroatoms. The van der Waals surface area contributed by atoms with Crippen LogP contribution in [0.15, 0.2) is 36.7 Å². The number of rotatable bonds is 2. The van der Waals surface area contributed by atoms with Crippen molar-refractivity contribution < 1.29 is 9.53 Å². The van der Waals surface area contributed by atoms with Crippen LogP contribution in [0.1, 0.15) is 10.4 Å². The second-order valence-electron chi connectivity index (χ2n) is 4.16. The molecule has 0 atom stereocenters. The molecule has 2 heterocycles. The highest BCUT2D eigenvalue weighted by atomic mass is 35.5. The van der Waals surface area contributed by atoms with Crippen LogP contribution in [-0.2, 0) is 0 Å². The van der Waals surface area contributed by atoms with E-state index < -0.39 is 5.97 Å². The Kier molecular flexibility index (Phi) is 3.76. The summed E-state index contributed by atoms with van der Waals surface area (Å²) in [4.78, 5) is 19.2. The van der Waals surface area contributed by atoms with Crippen LogP contribution in [0.4, 0.5) is 0 Å². The number of H-pyrrole nitrogens is 1. The Bertz CT molecular complexity index is 845. The number of aromatic amines is 1. The van der Waals surface area contributed by atoms with Crippen molar-refractivity contribution >= 4 is 51.8 Å². The average Bonchev–Trinajstić information content (AvgIpc) is 2.86. The van der Waals surface area contributed by atoms with Gasteiger partial charge in [0.2, 0.25) is 0 Å². The molecule has 0 fully saturated rings. The van der Waals surface area contributed by atoms with Crippen LogP contribution in [0.5, 0.6) is 5.75 Å². The molecule has 1 aromatic carbocycles. The smallest absolute Gasteiger partial charge is 0.345 e. The van der Waals surface area contributed by atoms with Gasteiger partial charge in [0.05, 0.1) is 26.0 Å². The Hall–Kier alpha value is -1.75. The molecule has 3 rings (SSSR count). The molecule has 0 spiro atoms. The van der Waals surface area contributed by atoms with Gasteiger partial charge in [-0.05, 0) is 18.2 Å². The first-order valence-electron chi connectivity index (χ1n) is 5.85. The van der Waals surface area contributed by atoms with Crippen molar-refractivity contribution in [3.8, 4) is 5.75 Å². The summed E-state index contributed by atoms with van der Waals surface area (Å²) in [6.07, 6.45) is 3.07. The molecule has 0 saturated heterocycles. The quantitative estimate of drug-likeness (QED) is 0.685. The lowest BCUT2D eigenvalue weighted by molar-refractivity contribution is 0.0737. The molecular weight excluding hydrogens is 335 g/mol. The number of carbonyl (C=O) groups is 1. The minimum Gasteiger partial charge on any atom is -0.420 e. The van der Waals surface area contributed by atoms with E-state index in [4.69, 9.17) is 39.5 Å². The maximum Gasteiger partial charge on any atom is 0.345 e. The molecule has 4 nitrogen and oxygen atoms in total. The van der Waals surface area contributed by atoms with Crippen molar-refractivity contribution in [1.82, 2.24) is 9.97 Å². The zero-order valence-corrected chi connectivity index (χ0v) is 12.6. The number of hydrogen-bond donors (Lipinski definition) is 1. The molecular formula is C14H7Cl3N2O2. The van der Waals surface area contributed by atoms with E-state index in [0.717, 1.165) is 0 Å². The van der Waals surface area contributed by atoms with E-state index in [9.17, 15) is 4.79 Å². The van der Waals surface area contributed by atoms with Gasteiger partial charge in [0.25, 0.3) is 0 Å². The lowest BCUT2D eigenvalue weighted by Gasteiger charge is -2.06. The Labute approximate surface area is 134 Å². The maximum absolute atomic E-state index is 12.2. The third-order valence-corrected chi connectivity index (χ3v) is 3.99. The topological polar surface area (TPSA) is 55.0 Å². The number of esters is 1. The van der Waals surface area contributed by atoms with Crippen LogP contribution in [0, 0.1) is 0 Å². The Morgan fingerprint density at radius 3 is 2.76 bits per heavy atom. The zero-order valence-electron chi connectivity index (χ0n) is 10.4. The van der Waals surface area contributed by atoms with Gasteiger partial charge in [0.15, 0.2) is 5.75 Å². The molecule has 0 aliphatic heterocycles. The second-order valence-corrected chi connectivity index (χ2v) is 5.35. The van der Waals surface area contributed by atoms with E-state index in [0.29, 0.717) is 16.1 Å². The fraction of sp³-hybridized carbons (Fsp3) is 0. The van der Waals surface area contributed by atoms with Crippen LogP contribution in [-0.4, -0.2) is 15.9 Å². The standard InChI is InChI=1S/C14H7Cl3N2O2/c15-8-4-5-18-13-11(8)10(6-19-13)21-14(20)7-2-1-3-9(16)12(7)17/h1-6H,(H,18,19). The van der Waals surface area contributed by atoms with E-state index in [1.54, 1.807) is 24.4 Å². The molecule has 0 amide bonds. The number of carbonyl (C=O) groups excluding carboxylic acids is 1. The van der Waals surface area contributed by atoms with Crippen molar-refractivity contribution in [1.29, 1.82) is 0 Å². The summed E-state index contributed by atoms with van der Waals surface area (Å²) in [5.74, 6) is -0.340. The zero-order chi connectivity index (χ0) is 15.0. The van der Waals surface area contributed by atoms with Gasteiger partial charge in [-0.1, -0.05) is 40.9 Å². The Balaban J connectivity index is 1.99. The number of nitrogens with one attached hydrogen (secondary N) is 1. The predicted octanol–water partition coefficient (Wildman–Crippen LogP) is 4.74. The molecule has 0 aliphatic rings. The molecule has 0 bridgehead atoms. The van der Waals surface area contributed by atoms with Crippen LogP contribution < -0.4 is 4.74 Å². The molecule has 0 aliphatic carbocycles. The van der Waals surface area contributed by atoms with Crippen molar-refractivity contribution in [3.63, 3.8) is 0 Å². The third-order valence-electron chi connectivity index (χ3n) is 2.86. The highest BCUT2D eigenvalue weighted by Crippen LogP contribution is 2.32. The van der Waals surface area contributed by atoms with Gasteiger partial charge in [0, 0.05) is 12.4 Å². The van der Waals surface area contributed by atoms with E-state index in [1.807, 2.05) is 0 Å². The van der Waals surface area contributed by atoms with Crippen molar-refractivity contribution in [3.05, 3.63) is 57.3 Å². The Morgan fingerprint density at radius 1 is 1.14 bits per heavy atom. The van der Waals surface area contributed by atoms with Gasteiger partial charge < -0.3 is 9.72 Å². The SMILES string of the molecule is O=C(Oc1c[nH]c2nccc(Cl)c12)c1cccc(Cl)c1Cl. The predicted molar refractivity (Wildman–Crippen MR) is 82.5 cm³/mol. The van der Waals surface area contributed by atoms with Crippen LogP contribution in [0.2, 0.25) is 15.1 Å². The number of halogens is 3. The van der Waals surface area contributed by atoms with Gasteiger partial charge >= 0.3 is 5.97 Å². The fourth-order valence-electron chi connectivity index (χ4n) is 1.88. The number of benzene rings is 1. The summed E-state index contributed by atoms with van der Waals surface area (Å²) in [6, 6.07) is 6.36. The van der Waals surface area contributed by atoms with E-state index >= 15 is 0 Å². The van der Waals surface area contributed by atoms with Crippen LogP contribution >= 0.6 is 34.8 Å². The number of hydrogen-bond acceptors (Lipinski definition) is 3. The number of pyridine rings is 1. The van der Waals surface area contributed by atoms with E-state index in [2.05, 4.69) is 9.97 Å². The van der Waals surface area contributed by atoms with Crippen molar-refractivity contribution in [2.45, 2.75) is 0 Å². The van der Waals surface area contributed by atoms with Gasteiger partial charge in [-0.2, -0.15) is 0 Å². The highest BCUT2D eigenvalue weighted by molar-refractivity contribution is 6.43. The normalized spacial score (nSPS) is 10.8. The molecule has 0 unspecified atom stereocenters. The summed E-state index contributed by atoms with van der Waals surface area (Å²) < 4.78 is 5.33. The summed E-state index contributed by atoms with van der Waals surface area (Å²) in [6.45, 7) is 0. The molecule has 106 valence electrons. The van der Waals surface area contributed by atoms with Crippen molar-refractivity contribution in [2.24, 2.45) is 0 Å². The number of ether oxygens (including phenoxy) is 1. The summed E-state index contributed by atoms with van der Waals surface area (Å²) in [7, 11) is 0. The lowest BCUT2D eigenvalue weighted by atomic mass is 10.2. The molecule has 21 heavy (non-hydrogen) atoms. The number of aromatic nitrogens is 2. The first-order valence-corrected chi connectivity index (χ1v) is 6.99. The molecule has 3 aromatic rings. The van der Waals surface area contributed by atoms with Crippen LogP contribution in [0.25, 0.3) is 11.0 Å². The average molecular weight is 342 g/mol. The van der Waals surface area contributed by atoms with Gasteiger partial charge in [-0.3, -0.25) is 0 Å². The minimum atomic E-state index is -0.622. The third kappa shape index (κ3) is 2.58. The summed E-state index contributed by atoms with van der Waals surface area (Å²) >= 11 is 18.0. The van der Waals surface area contributed by atoms with Crippen molar-refractivity contribution in [2.75, 3.05) is 0 Å². The minimum absolute atomic E-state index is 0.147. The molecule has 1 N–H and O–H groups in total. The van der Waals surface area contributed by atoms with Gasteiger partial charge in [-0.25, -0.2) is 9.78 Å². The monoisotopic (exact) mass is 340 g/mol. The first-order chi connectivity index (χ1) is 10.1. The second kappa shape index (κ2) is 5.56. The molecule has 2 aromatic heterocycles. The summed E-state index contributed by atoms with van der Waals surface area (Å²) in [5, 5.41) is 1.39. The number of nitrogens with zero attached hydrogens (tertiary/aromatic N) is 1. The fourth-order valence-corrected chi connectivity index (χ4v) is 2.50. The lowest BCUT2D eigenvalue weighted by Crippen LogP contribution is -2.09. The Morgan fingerprint density at radius 2 is 1.95 bits per heavy atom. The van der Waals surface area contributed by atoms with E-state index in [1.165, 1.54) is 12.3 Å². The largest absolute Gasteiger partial charge is 0.420 e. The van der Waals surface area contributed by atoms with Gasteiger partial charge in [-0.15, -0.1) is 0 Å². The van der Waals surface area contributed by atoms with Crippen LogP contribution in [0.3, 0.4) is 0 Å². The molecule has 0 radical (unpaired) electrons. The van der Waals surface area contributed by atoms with Gasteiger partial charge in [0.1, 0.15) is 5.65 Å². The highest BCUT2D eigenvalue weighted by Gasteiger charge is 2.18. The molecule has 0 saturated carbocycles.